The molecule has 1 amide bonds. The average Bonchev–Trinajstić information content (AvgIpc) is 3.01. The molecule has 4 nitrogen and oxygen atoms in total. The van der Waals surface area contributed by atoms with Gasteiger partial charge >= 0.3 is 0 Å². The molecule has 1 aliphatic heterocycles. The molecule has 0 atom stereocenters. The van der Waals surface area contributed by atoms with E-state index in [-0.39, 0.29) is 12.0 Å². The fourth-order valence-electron chi connectivity index (χ4n) is 2.77. The number of halogens is 1. The standard InChI is InChI=1S/C19H21ClN2O2/c1-12(2)24-18-6-5-16(20)8-17(18)19(23)22-9-13-3-4-14-10-21-11-15(14)7-13/h3-8,12,21H,9-11H2,1-2H3,(H,22,23). The van der Waals surface area contributed by atoms with E-state index >= 15 is 0 Å². The molecule has 0 saturated heterocycles. The van der Waals surface area contributed by atoms with Crippen LogP contribution in [0.2, 0.25) is 5.02 Å². The fourth-order valence-corrected chi connectivity index (χ4v) is 2.94. The van der Waals surface area contributed by atoms with Crippen LogP contribution in [0.4, 0.5) is 0 Å². The van der Waals surface area contributed by atoms with E-state index in [9.17, 15) is 4.79 Å². The van der Waals surface area contributed by atoms with Crippen LogP contribution in [0.15, 0.2) is 36.4 Å². The SMILES string of the molecule is CC(C)Oc1ccc(Cl)cc1C(=O)NCc1ccc2c(c1)CNC2. The van der Waals surface area contributed by atoms with Gasteiger partial charge in [-0.2, -0.15) is 0 Å². The first-order valence-electron chi connectivity index (χ1n) is 8.09. The Morgan fingerprint density at radius 1 is 1.21 bits per heavy atom. The molecule has 1 heterocycles. The van der Waals surface area contributed by atoms with Crippen LogP contribution in [0.1, 0.15) is 40.9 Å². The number of ether oxygens (including phenoxy) is 1. The monoisotopic (exact) mass is 344 g/mol. The molecular formula is C19H21ClN2O2. The number of rotatable bonds is 5. The van der Waals surface area contributed by atoms with Crippen LogP contribution >= 0.6 is 11.6 Å². The van der Waals surface area contributed by atoms with E-state index in [0.29, 0.717) is 22.9 Å². The fraction of sp³-hybridized carbons (Fsp3) is 0.316. The molecule has 2 aromatic carbocycles. The first kappa shape index (κ1) is 16.8. The van der Waals surface area contributed by atoms with Crippen LogP contribution in [0.5, 0.6) is 5.75 Å². The van der Waals surface area contributed by atoms with Gasteiger partial charge in [0.05, 0.1) is 11.7 Å². The van der Waals surface area contributed by atoms with Crippen molar-refractivity contribution in [2.24, 2.45) is 0 Å². The number of hydrogen-bond donors (Lipinski definition) is 2. The highest BCUT2D eigenvalue weighted by atomic mass is 35.5. The van der Waals surface area contributed by atoms with Crippen molar-refractivity contribution >= 4 is 17.5 Å². The van der Waals surface area contributed by atoms with Gasteiger partial charge in [0.2, 0.25) is 0 Å². The number of carbonyl (C=O) groups excluding carboxylic acids is 1. The lowest BCUT2D eigenvalue weighted by molar-refractivity contribution is 0.0945. The molecule has 0 fully saturated rings. The van der Waals surface area contributed by atoms with Crippen LogP contribution in [0.25, 0.3) is 0 Å². The molecule has 126 valence electrons. The Morgan fingerprint density at radius 3 is 2.79 bits per heavy atom. The lowest BCUT2D eigenvalue weighted by Crippen LogP contribution is -2.24. The summed E-state index contributed by atoms with van der Waals surface area (Å²) in [6.45, 7) is 6.13. The third-order valence-electron chi connectivity index (χ3n) is 3.90. The number of carbonyl (C=O) groups is 1. The van der Waals surface area contributed by atoms with Crippen LogP contribution in [0, 0.1) is 0 Å². The highest BCUT2D eigenvalue weighted by Gasteiger charge is 2.15. The van der Waals surface area contributed by atoms with Gasteiger partial charge in [0.25, 0.3) is 5.91 Å². The Balaban J connectivity index is 1.72. The summed E-state index contributed by atoms with van der Waals surface area (Å²) in [7, 11) is 0. The summed E-state index contributed by atoms with van der Waals surface area (Å²) in [5.41, 5.74) is 4.17. The quantitative estimate of drug-likeness (QED) is 0.870. The molecule has 0 aliphatic carbocycles. The minimum atomic E-state index is -0.188. The van der Waals surface area contributed by atoms with Crippen LogP contribution in [-0.4, -0.2) is 12.0 Å². The Hall–Kier alpha value is -2.04. The van der Waals surface area contributed by atoms with E-state index < -0.39 is 0 Å². The van der Waals surface area contributed by atoms with E-state index in [2.05, 4.69) is 28.8 Å². The zero-order chi connectivity index (χ0) is 17.1. The normalized spacial score (nSPS) is 13.0. The molecule has 2 aromatic rings. The summed E-state index contributed by atoms with van der Waals surface area (Å²) in [5, 5.41) is 6.78. The molecule has 3 rings (SSSR count). The van der Waals surface area contributed by atoms with Crippen LogP contribution in [-0.2, 0) is 19.6 Å². The van der Waals surface area contributed by atoms with Crippen molar-refractivity contribution in [3.63, 3.8) is 0 Å². The predicted molar refractivity (Wildman–Crippen MR) is 95.4 cm³/mol. The number of amides is 1. The number of hydrogen-bond acceptors (Lipinski definition) is 3. The van der Waals surface area contributed by atoms with Gasteiger partial charge in [-0.3, -0.25) is 4.79 Å². The van der Waals surface area contributed by atoms with Gasteiger partial charge in [0, 0.05) is 24.7 Å². The van der Waals surface area contributed by atoms with Crippen molar-refractivity contribution < 1.29 is 9.53 Å². The summed E-state index contributed by atoms with van der Waals surface area (Å²) in [4.78, 5) is 12.5. The second-order valence-corrected chi connectivity index (χ2v) is 6.63. The molecule has 0 unspecified atom stereocenters. The van der Waals surface area contributed by atoms with Gasteiger partial charge in [-0.15, -0.1) is 0 Å². The maximum Gasteiger partial charge on any atom is 0.255 e. The van der Waals surface area contributed by atoms with Gasteiger partial charge in [-0.05, 0) is 48.7 Å². The third-order valence-corrected chi connectivity index (χ3v) is 4.14. The second-order valence-electron chi connectivity index (χ2n) is 6.20. The van der Waals surface area contributed by atoms with Gasteiger partial charge in [0.15, 0.2) is 0 Å². The number of benzene rings is 2. The summed E-state index contributed by atoms with van der Waals surface area (Å²) < 4.78 is 5.71. The molecule has 0 radical (unpaired) electrons. The number of nitrogens with one attached hydrogen (secondary N) is 2. The van der Waals surface area contributed by atoms with Crippen molar-refractivity contribution in [3.8, 4) is 5.75 Å². The van der Waals surface area contributed by atoms with E-state index in [4.69, 9.17) is 16.3 Å². The lowest BCUT2D eigenvalue weighted by atomic mass is 10.1. The summed E-state index contributed by atoms with van der Waals surface area (Å²) >= 11 is 6.04. The van der Waals surface area contributed by atoms with Crippen molar-refractivity contribution in [3.05, 3.63) is 63.7 Å². The molecule has 0 bridgehead atoms. The van der Waals surface area contributed by atoms with Crippen molar-refractivity contribution in [1.29, 1.82) is 0 Å². The minimum Gasteiger partial charge on any atom is -0.490 e. The topological polar surface area (TPSA) is 50.4 Å². The predicted octanol–water partition coefficient (Wildman–Crippen LogP) is 3.66. The zero-order valence-electron chi connectivity index (χ0n) is 13.9. The molecule has 5 heteroatoms. The second kappa shape index (κ2) is 7.24. The molecule has 24 heavy (non-hydrogen) atoms. The summed E-state index contributed by atoms with van der Waals surface area (Å²) in [6.07, 6.45) is -0.0121. The third kappa shape index (κ3) is 3.89. The Bertz CT molecular complexity index is 759. The maximum atomic E-state index is 12.5. The van der Waals surface area contributed by atoms with Crippen molar-refractivity contribution in [2.75, 3.05) is 0 Å². The molecule has 0 spiro atoms. The van der Waals surface area contributed by atoms with Crippen LogP contribution < -0.4 is 15.4 Å². The van der Waals surface area contributed by atoms with E-state index in [0.717, 1.165) is 18.7 Å². The highest BCUT2D eigenvalue weighted by Crippen LogP contribution is 2.24. The summed E-state index contributed by atoms with van der Waals surface area (Å²) in [5.74, 6) is 0.358. The van der Waals surface area contributed by atoms with E-state index in [1.807, 2.05) is 13.8 Å². The summed E-state index contributed by atoms with van der Waals surface area (Å²) in [6, 6.07) is 11.4. The smallest absolute Gasteiger partial charge is 0.255 e. The van der Waals surface area contributed by atoms with E-state index in [1.54, 1.807) is 18.2 Å². The molecular weight excluding hydrogens is 324 g/mol. The Labute approximate surface area is 147 Å². The van der Waals surface area contributed by atoms with Gasteiger partial charge in [0.1, 0.15) is 5.75 Å². The first-order chi connectivity index (χ1) is 11.5. The van der Waals surface area contributed by atoms with Gasteiger partial charge < -0.3 is 15.4 Å². The largest absolute Gasteiger partial charge is 0.490 e. The minimum absolute atomic E-state index is 0.0121. The first-order valence-corrected chi connectivity index (χ1v) is 8.46. The van der Waals surface area contributed by atoms with Gasteiger partial charge in [-0.25, -0.2) is 0 Å². The van der Waals surface area contributed by atoms with Crippen LogP contribution in [0.3, 0.4) is 0 Å². The zero-order valence-corrected chi connectivity index (χ0v) is 14.6. The molecule has 2 N–H and O–H groups in total. The van der Waals surface area contributed by atoms with E-state index in [1.165, 1.54) is 11.1 Å². The molecule has 0 aromatic heterocycles. The lowest BCUT2D eigenvalue weighted by Gasteiger charge is -2.14. The Morgan fingerprint density at radius 2 is 2.00 bits per heavy atom. The number of fused-ring (bicyclic) bond motifs is 1. The van der Waals surface area contributed by atoms with Gasteiger partial charge in [-0.1, -0.05) is 29.8 Å². The molecule has 1 aliphatic rings. The van der Waals surface area contributed by atoms with Crippen molar-refractivity contribution in [2.45, 2.75) is 39.6 Å². The highest BCUT2D eigenvalue weighted by molar-refractivity contribution is 6.31. The Kier molecular flexibility index (Phi) is 5.07. The van der Waals surface area contributed by atoms with Crippen molar-refractivity contribution in [1.82, 2.24) is 10.6 Å². The average molecular weight is 345 g/mol. The maximum absolute atomic E-state index is 12.5. The molecule has 0 saturated carbocycles.